The molecule has 0 aromatic carbocycles. The summed E-state index contributed by atoms with van der Waals surface area (Å²) in [6.45, 7) is 0. The molecule has 0 saturated carbocycles. The quantitative estimate of drug-likeness (QED) is 0.592. The van der Waals surface area contributed by atoms with Gasteiger partial charge in [-0.3, -0.25) is 15.4 Å². The van der Waals surface area contributed by atoms with E-state index in [2.05, 4.69) is 35.5 Å². The smallest absolute Gasteiger partial charge is 0.170 e. The molecule has 7 nitrogen and oxygen atoms in total. The van der Waals surface area contributed by atoms with Crippen LogP contribution in [0.4, 0.5) is 0 Å². The molecule has 1 atom stereocenters. The fraction of sp³-hybridized carbons (Fsp3) is 0.0909. The van der Waals surface area contributed by atoms with Crippen LogP contribution in [0.3, 0.4) is 0 Å². The number of fused-ring (bicyclic) bond motifs is 1. The van der Waals surface area contributed by atoms with Gasteiger partial charge in [-0.2, -0.15) is 5.10 Å². The Kier molecular flexibility index (Phi) is 2.71. The number of nitrogens with zero attached hydrogens (tertiary/aromatic N) is 6. The first-order valence-electron chi connectivity index (χ1n) is 5.32. The summed E-state index contributed by atoms with van der Waals surface area (Å²) in [5.74, 6) is 1.24. The molecule has 2 aliphatic rings. The van der Waals surface area contributed by atoms with Crippen LogP contribution in [0.2, 0.25) is 0 Å². The first-order valence-corrected chi connectivity index (χ1v) is 5.32. The second-order valence-corrected chi connectivity index (χ2v) is 3.57. The summed E-state index contributed by atoms with van der Waals surface area (Å²) in [5, 5.41) is 4.09. The minimum atomic E-state index is -0.263. The van der Waals surface area contributed by atoms with Crippen LogP contribution in [0.1, 0.15) is 5.56 Å². The van der Waals surface area contributed by atoms with Crippen molar-refractivity contribution in [2.24, 2.45) is 25.1 Å². The molecule has 0 spiro atoms. The molecule has 0 saturated heterocycles. The summed E-state index contributed by atoms with van der Waals surface area (Å²) in [6.07, 6.45) is 8.01. The molecular formula is C11H9N7. The van der Waals surface area contributed by atoms with Crippen molar-refractivity contribution in [2.45, 2.75) is 6.04 Å². The molecule has 0 fully saturated rings. The molecule has 3 heterocycles. The van der Waals surface area contributed by atoms with Crippen molar-refractivity contribution in [3.05, 3.63) is 30.1 Å². The fourth-order valence-electron chi connectivity index (χ4n) is 1.53. The van der Waals surface area contributed by atoms with Gasteiger partial charge in [0.15, 0.2) is 17.7 Å². The summed E-state index contributed by atoms with van der Waals surface area (Å²) in [7, 11) is 0. The summed E-state index contributed by atoms with van der Waals surface area (Å²) >= 11 is 0. The zero-order valence-electron chi connectivity index (χ0n) is 9.30. The molecule has 0 bridgehead atoms. The Bertz CT molecular complexity index is 583. The monoisotopic (exact) mass is 239 g/mol. The van der Waals surface area contributed by atoms with Crippen molar-refractivity contribution in [2.75, 3.05) is 0 Å². The van der Waals surface area contributed by atoms with Crippen molar-refractivity contribution < 1.29 is 0 Å². The van der Waals surface area contributed by atoms with E-state index in [0.29, 0.717) is 11.7 Å². The Balaban J connectivity index is 1.69. The molecule has 0 aliphatic carbocycles. The highest BCUT2D eigenvalue weighted by Gasteiger charge is 2.25. The zero-order chi connectivity index (χ0) is 12.2. The molecule has 0 unspecified atom stereocenters. The van der Waals surface area contributed by atoms with Gasteiger partial charge in [-0.1, -0.05) is 6.07 Å². The predicted molar refractivity (Wildman–Crippen MR) is 70.6 cm³/mol. The van der Waals surface area contributed by atoms with Crippen LogP contribution in [0, 0.1) is 0 Å². The second kappa shape index (κ2) is 4.66. The molecule has 1 aromatic heterocycles. The van der Waals surface area contributed by atoms with E-state index >= 15 is 0 Å². The van der Waals surface area contributed by atoms with Gasteiger partial charge < -0.3 is 0 Å². The standard InChI is InChI=1S/C11H9N7/c1-2-8(4-12-3-1)5-17-18-11-9-10(14-6-13-9)15-7-16-11/h1-7,9H,(H,13,14,15,16,18)/b17-5-/t9-/m0/s1. The fourth-order valence-corrected chi connectivity index (χ4v) is 1.53. The lowest BCUT2D eigenvalue weighted by Crippen LogP contribution is -2.36. The van der Waals surface area contributed by atoms with E-state index in [1.54, 1.807) is 18.6 Å². The summed E-state index contributed by atoms with van der Waals surface area (Å²) in [5.41, 5.74) is 3.75. The van der Waals surface area contributed by atoms with Gasteiger partial charge in [-0.25, -0.2) is 15.0 Å². The maximum absolute atomic E-state index is 4.14. The van der Waals surface area contributed by atoms with Gasteiger partial charge in [-0.05, 0) is 6.07 Å². The molecule has 1 N–H and O–H groups in total. The van der Waals surface area contributed by atoms with Crippen molar-refractivity contribution in [3.8, 4) is 0 Å². The van der Waals surface area contributed by atoms with Gasteiger partial charge in [0.1, 0.15) is 12.7 Å². The topological polar surface area (TPSA) is 86.7 Å². The van der Waals surface area contributed by atoms with Gasteiger partial charge >= 0.3 is 0 Å². The van der Waals surface area contributed by atoms with Crippen molar-refractivity contribution in [3.63, 3.8) is 0 Å². The minimum absolute atomic E-state index is 0.263. The number of nitrogens with one attached hydrogen (secondary N) is 1. The molecule has 1 aromatic rings. The van der Waals surface area contributed by atoms with Crippen LogP contribution in [-0.2, 0) is 0 Å². The first-order chi connectivity index (χ1) is 8.93. The number of rotatable bonds is 2. The van der Waals surface area contributed by atoms with Crippen LogP contribution in [0.25, 0.3) is 0 Å². The third-order valence-corrected chi connectivity index (χ3v) is 2.37. The Morgan fingerprint density at radius 3 is 3.17 bits per heavy atom. The Labute approximate surface area is 103 Å². The Hall–Kier alpha value is -2.70. The third kappa shape index (κ3) is 2.05. The number of aromatic nitrogens is 1. The van der Waals surface area contributed by atoms with E-state index in [1.807, 2.05) is 12.1 Å². The van der Waals surface area contributed by atoms with Crippen LogP contribution in [-0.4, -0.2) is 41.6 Å². The van der Waals surface area contributed by atoms with Gasteiger partial charge in [0.05, 0.1) is 6.21 Å². The average molecular weight is 239 g/mol. The third-order valence-electron chi connectivity index (χ3n) is 2.37. The van der Waals surface area contributed by atoms with Gasteiger partial charge in [-0.15, -0.1) is 0 Å². The molecule has 3 rings (SSSR count). The molecule has 0 radical (unpaired) electrons. The minimum Gasteiger partial charge on any atom is -0.264 e. The molecule has 7 heteroatoms. The lowest BCUT2D eigenvalue weighted by Gasteiger charge is -2.12. The highest BCUT2D eigenvalue weighted by atomic mass is 15.3. The Morgan fingerprint density at radius 2 is 2.28 bits per heavy atom. The highest BCUT2D eigenvalue weighted by molar-refractivity contribution is 6.19. The first kappa shape index (κ1) is 10.5. The number of hydrogen-bond acceptors (Lipinski definition) is 7. The van der Waals surface area contributed by atoms with Crippen LogP contribution < -0.4 is 5.43 Å². The maximum atomic E-state index is 4.14. The molecule has 18 heavy (non-hydrogen) atoms. The van der Waals surface area contributed by atoms with Gasteiger partial charge in [0.25, 0.3) is 0 Å². The Morgan fingerprint density at radius 1 is 1.28 bits per heavy atom. The van der Waals surface area contributed by atoms with Crippen molar-refractivity contribution >= 4 is 30.6 Å². The summed E-state index contributed by atoms with van der Waals surface area (Å²) < 4.78 is 0. The second-order valence-electron chi connectivity index (χ2n) is 3.57. The van der Waals surface area contributed by atoms with E-state index in [0.717, 1.165) is 5.56 Å². The van der Waals surface area contributed by atoms with E-state index in [4.69, 9.17) is 0 Å². The lowest BCUT2D eigenvalue weighted by molar-refractivity contribution is 0.959. The average Bonchev–Trinajstić information content (AvgIpc) is 2.89. The van der Waals surface area contributed by atoms with Gasteiger partial charge in [0.2, 0.25) is 0 Å². The number of hydrogen-bond donors (Lipinski definition) is 1. The number of pyridine rings is 1. The number of aliphatic imine (C=N–C) groups is 4. The largest absolute Gasteiger partial charge is 0.264 e. The van der Waals surface area contributed by atoms with Crippen LogP contribution >= 0.6 is 0 Å². The highest BCUT2D eigenvalue weighted by Crippen LogP contribution is 2.07. The van der Waals surface area contributed by atoms with Crippen molar-refractivity contribution in [1.29, 1.82) is 0 Å². The van der Waals surface area contributed by atoms with E-state index in [-0.39, 0.29) is 6.04 Å². The van der Waals surface area contributed by atoms with E-state index in [9.17, 15) is 0 Å². The van der Waals surface area contributed by atoms with Gasteiger partial charge in [0, 0.05) is 18.0 Å². The summed E-state index contributed by atoms with van der Waals surface area (Å²) in [4.78, 5) is 20.3. The van der Waals surface area contributed by atoms with E-state index < -0.39 is 0 Å². The summed E-state index contributed by atoms with van der Waals surface area (Å²) in [6, 6.07) is 3.49. The molecular weight excluding hydrogens is 230 g/mol. The van der Waals surface area contributed by atoms with Crippen LogP contribution in [0.15, 0.2) is 49.6 Å². The lowest BCUT2D eigenvalue weighted by atomic mass is 10.2. The normalized spacial score (nSPS) is 20.8. The zero-order valence-corrected chi connectivity index (χ0v) is 9.30. The van der Waals surface area contributed by atoms with E-state index in [1.165, 1.54) is 12.7 Å². The number of amidine groups is 2. The molecule has 0 amide bonds. The molecule has 88 valence electrons. The maximum Gasteiger partial charge on any atom is 0.170 e. The van der Waals surface area contributed by atoms with Crippen molar-refractivity contribution in [1.82, 2.24) is 10.4 Å². The SMILES string of the molecule is C1=NC2=NC=N[C@@H]2C(N/N=C\c2cccnc2)=N1. The number of hydrazone groups is 1. The predicted octanol–water partition coefficient (Wildman–Crippen LogP) is 0.254. The molecule has 2 aliphatic heterocycles. The van der Waals surface area contributed by atoms with Crippen LogP contribution in [0.5, 0.6) is 0 Å².